The van der Waals surface area contributed by atoms with Gasteiger partial charge in [-0.2, -0.15) is 0 Å². The fraction of sp³-hybridized carbons (Fsp3) is 0.741. The number of benzene rings is 1. The molecule has 0 spiro atoms. The zero-order valence-electron chi connectivity index (χ0n) is 20.1. The third-order valence-electron chi connectivity index (χ3n) is 5.92. The van der Waals surface area contributed by atoms with Crippen molar-refractivity contribution in [2.75, 3.05) is 11.2 Å². The molecular formula is C27H46ClNO. The van der Waals surface area contributed by atoms with E-state index in [1.807, 2.05) is 0 Å². The van der Waals surface area contributed by atoms with E-state index in [2.05, 4.69) is 51.2 Å². The lowest BCUT2D eigenvalue weighted by Gasteiger charge is -2.20. The van der Waals surface area contributed by atoms with Crippen LogP contribution in [0, 0.1) is 0 Å². The summed E-state index contributed by atoms with van der Waals surface area (Å²) in [6.07, 6.45) is 16.0. The molecule has 0 aliphatic carbocycles. The Labute approximate surface area is 191 Å². The summed E-state index contributed by atoms with van der Waals surface area (Å²) in [7, 11) is 0. The van der Waals surface area contributed by atoms with E-state index in [-0.39, 0.29) is 5.91 Å². The fourth-order valence-electron chi connectivity index (χ4n) is 4.05. The van der Waals surface area contributed by atoms with E-state index in [4.69, 9.17) is 11.6 Å². The van der Waals surface area contributed by atoms with Gasteiger partial charge in [-0.25, -0.2) is 0 Å². The van der Waals surface area contributed by atoms with E-state index in [1.54, 1.807) is 0 Å². The Bertz CT molecular complexity index is 556. The van der Waals surface area contributed by atoms with Gasteiger partial charge in [-0.1, -0.05) is 110 Å². The summed E-state index contributed by atoms with van der Waals surface area (Å²) < 4.78 is 0. The van der Waals surface area contributed by atoms with Gasteiger partial charge in [-0.05, 0) is 35.8 Å². The van der Waals surface area contributed by atoms with Gasteiger partial charge in [-0.3, -0.25) is 4.79 Å². The molecule has 0 unspecified atom stereocenters. The van der Waals surface area contributed by atoms with E-state index in [0.717, 1.165) is 24.4 Å². The first-order valence-corrected chi connectivity index (χ1v) is 13.0. The van der Waals surface area contributed by atoms with Gasteiger partial charge in [0, 0.05) is 18.0 Å². The monoisotopic (exact) mass is 435 g/mol. The van der Waals surface area contributed by atoms with E-state index in [0.29, 0.717) is 18.3 Å². The number of carbonyl (C=O) groups is 1. The molecule has 0 saturated carbocycles. The maximum atomic E-state index is 12.5. The van der Waals surface area contributed by atoms with Crippen molar-refractivity contribution in [1.82, 2.24) is 0 Å². The van der Waals surface area contributed by atoms with E-state index in [1.165, 1.54) is 75.3 Å². The molecule has 1 aromatic rings. The van der Waals surface area contributed by atoms with E-state index in [9.17, 15) is 4.79 Å². The van der Waals surface area contributed by atoms with Crippen LogP contribution in [0.1, 0.15) is 134 Å². The highest BCUT2D eigenvalue weighted by Gasteiger charge is 2.15. The predicted molar refractivity (Wildman–Crippen MR) is 134 cm³/mol. The van der Waals surface area contributed by atoms with Crippen LogP contribution in [0.4, 0.5) is 5.69 Å². The molecule has 172 valence electrons. The number of halogens is 1. The molecule has 0 aliphatic heterocycles. The van der Waals surface area contributed by atoms with E-state index < -0.39 is 0 Å². The largest absolute Gasteiger partial charge is 0.326 e. The number of anilines is 1. The van der Waals surface area contributed by atoms with Crippen molar-refractivity contribution in [2.24, 2.45) is 0 Å². The first kappa shape index (κ1) is 27.0. The van der Waals surface area contributed by atoms with Crippen molar-refractivity contribution in [1.29, 1.82) is 0 Å². The van der Waals surface area contributed by atoms with Gasteiger partial charge in [-0.15, -0.1) is 11.6 Å². The van der Waals surface area contributed by atoms with Gasteiger partial charge in [0.1, 0.15) is 0 Å². The molecular weight excluding hydrogens is 390 g/mol. The lowest BCUT2D eigenvalue weighted by Crippen LogP contribution is -2.15. The van der Waals surface area contributed by atoms with Crippen LogP contribution in [0.25, 0.3) is 0 Å². The topological polar surface area (TPSA) is 29.1 Å². The van der Waals surface area contributed by atoms with Crippen LogP contribution in [-0.2, 0) is 4.79 Å². The van der Waals surface area contributed by atoms with Crippen LogP contribution in [-0.4, -0.2) is 11.8 Å². The number of alkyl halides is 1. The zero-order valence-corrected chi connectivity index (χ0v) is 20.8. The third kappa shape index (κ3) is 11.4. The second-order valence-corrected chi connectivity index (χ2v) is 9.73. The highest BCUT2D eigenvalue weighted by atomic mass is 35.5. The van der Waals surface area contributed by atoms with Crippen molar-refractivity contribution < 1.29 is 4.79 Å². The Balaban J connectivity index is 2.17. The molecule has 0 fully saturated rings. The molecule has 0 saturated heterocycles. The van der Waals surface area contributed by atoms with Crippen molar-refractivity contribution >= 4 is 23.2 Å². The minimum atomic E-state index is 0.166. The maximum absolute atomic E-state index is 12.5. The molecule has 0 atom stereocenters. The summed E-state index contributed by atoms with van der Waals surface area (Å²) in [6, 6.07) is 6.40. The summed E-state index contributed by atoms with van der Waals surface area (Å²) in [4.78, 5) is 12.5. The first-order chi connectivity index (χ1) is 14.5. The maximum Gasteiger partial charge on any atom is 0.224 e. The molecule has 0 heterocycles. The number of carbonyl (C=O) groups excluding carboxylic acids is 1. The van der Waals surface area contributed by atoms with Gasteiger partial charge < -0.3 is 5.32 Å². The molecule has 1 amide bonds. The van der Waals surface area contributed by atoms with Crippen LogP contribution in [0.2, 0.25) is 0 Å². The summed E-state index contributed by atoms with van der Waals surface area (Å²) in [5.41, 5.74) is 3.54. The fourth-order valence-corrected chi connectivity index (χ4v) is 4.23. The molecule has 0 aromatic heterocycles. The summed E-state index contributed by atoms with van der Waals surface area (Å²) >= 11 is 5.70. The molecule has 3 heteroatoms. The van der Waals surface area contributed by atoms with Crippen molar-refractivity contribution in [3.63, 3.8) is 0 Å². The lowest BCUT2D eigenvalue weighted by molar-refractivity contribution is -0.116. The van der Waals surface area contributed by atoms with Gasteiger partial charge in [0.2, 0.25) is 5.91 Å². The van der Waals surface area contributed by atoms with Gasteiger partial charge >= 0.3 is 0 Å². The number of rotatable bonds is 17. The number of para-hydroxylation sites is 1. The smallest absolute Gasteiger partial charge is 0.224 e. The third-order valence-corrected chi connectivity index (χ3v) is 6.19. The van der Waals surface area contributed by atoms with Gasteiger partial charge in [0.15, 0.2) is 0 Å². The molecule has 1 N–H and O–H groups in total. The zero-order chi connectivity index (χ0) is 22.2. The summed E-state index contributed by atoms with van der Waals surface area (Å²) in [5, 5.41) is 3.24. The Morgan fingerprint density at radius 1 is 0.733 bits per heavy atom. The minimum Gasteiger partial charge on any atom is -0.326 e. The SMILES string of the molecule is CC(C)c1cccc(C(C)C)c1NC(=O)CCCCCCCCCCCCCCCl. The quantitative estimate of drug-likeness (QED) is 0.191. The van der Waals surface area contributed by atoms with E-state index >= 15 is 0 Å². The Morgan fingerprint density at radius 2 is 1.13 bits per heavy atom. The second kappa shape index (κ2) is 16.6. The molecule has 1 aromatic carbocycles. The first-order valence-electron chi connectivity index (χ1n) is 12.5. The average Bonchev–Trinajstić information content (AvgIpc) is 2.71. The van der Waals surface area contributed by atoms with Crippen LogP contribution < -0.4 is 5.32 Å². The van der Waals surface area contributed by atoms with Crippen LogP contribution in [0.15, 0.2) is 18.2 Å². The van der Waals surface area contributed by atoms with Gasteiger partial charge in [0.25, 0.3) is 0 Å². The predicted octanol–water partition coefficient (Wildman–Crippen LogP) is 9.18. The minimum absolute atomic E-state index is 0.166. The summed E-state index contributed by atoms with van der Waals surface area (Å²) in [5.74, 6) is 1.79. The number of hydrogen-bond donors (Lipinski definition) is 1. The molecule has 0 bridgehead atoms. The Hall–Kier alpha value is -1.02. The molecule has 0 radical (unpaired) electrons. The standard InChI is InChI=1S/C27H46ClNO/c1-22(2)24-18-17-19-25(23(3)4)27(24)29-26(30)20-15-13-11-9-7-5-6-8-10-12-14-16-21-28/h17-19,22-23H,5-16,20-21H2,1-4H3,(H,29,30). The van der Waals surface area contributed by atoms with Crippen molar-refractivity contribution in [3.8, 4) is 0 Å². The number of hydrogen-bond acceptors (Lipinski definition) is 1. The molecule has 2 nitrogen and oxygen atoms in total. The Morgan fingerprint density at radius 3 is 1.53 bits per heavy atom. The molecule has 0 aliphatic rings. The second-order valence-electron chi connectivity index (χ2n) is 9.35. The number of amides is 1. The normalized spacial score (nSPS) is 11.4. The number of nitrogens with one attached hydrogen (secondary N) is 1. The van der Waals surface area contributed by atoms with Gasteiger partial charge in [0.05, 0.1) is 0 Å². The number of unbranched alkanes of at least 4 members (excludes halogenated alkanes) is 11. The molecule has 1 rings (SSSR count). The summed E-state index contributed by atoms with van der Waals surface area (Å²) in [6.45, 7) is 8.76. The van der Waals surface area contributed by atoms with Crippen molar-refractivity contribution in [2.45, 2.75) is 123 Å². The van der Waals surface area contributed by atoms with Crippen LogP contribution in [0.3, 0.4) is 0 Å². The Kier molecular flexibility index (Phi) is 15.0. The van der Waals surface area contributed by atoms with Crippen LogP contribution >= 0.6 is 11.6 Å². The average molecular weight is 436 g/mol. The lowest BCUT2D eigenvalue weighted by atomic mass is 9.92. The van der Waals surface area contributed by atoms with Crippen LogP contribution in [0.5, 0.6) is 0 Å². The highest BCUT2D eigenvalue weighted by Crippen LogP contribution is 2.32. The van der Waals surface area contributed by atoms with Crippen molar-refractivity contribution in [3.05, 3.63) is 29.3 Å². The highest BCUT2D eigenvalue weighted by molar-refractivity contribution is 6.17. The molecule has 30 heavy (non-hydrogen) atoms.